The predicted molar refractivity (Wildman–Crippen MR) is 93.9 cm³/mol. The van der Waals surface area contributed by atoms with Gasteiger partial charge in [-0.3, -0.25) is 0 Å². The molecule has 0 aromatic heterocycles. The van der Waals surface area contributed by atoms with Crippen LogP contribution in [0.3, 0.4) is 0 Å². The Kier molecular flexibility index (Phi) is 5.59. The predicted octanol–water partition coefficient (Wildman–Crippen LogP) is 6.25. The van der Waals surface area contributed by atoms with Crippen LogP contribution in [-0.4, -0.2) is 7.11 Å². The first-order valence-electron chi connectivity index (χ1n) is 6.66. The van der Waals surface area contributed by atoms with Crippen LogP contribution in [0.5, 0.6) is 5.75 Å². The quantitative estimate of drug-likeness (QED) is 0.563. The molecule has 0 saturated heterocycles. The molecule has 0 heterocycles. The van der Waals surface area contributed by atoms with Crippen molar-refractivity contribution >= 4 is 39.1 Å². The van der Waals surface area contributed by atoms with Crippen LogP contribution < -0.4 is 4.74 Å². The minimum Gasteiger partial charge on any atom is -0.496 e. The number of benzene rings is 2. The highest BCUT2D eigenvalue weighted by Gasteiger charge is 2.21. The van der Waals surface area contributed by atoms with Crippen LogP contribution in [0.4, 0.5) is 0 Å². The number of aryl methyl sites for hydroxylation is 1. The first-order valence-corrected chi connectivity index (χ1v) is 8.27. The van der Waals surface area contributed by atoms with E-state index in [1.165, 1.54) is 0 Å². The molecule has 1 nitrogen and oxygen atoms in total. The Morgan fingerprint density at radius 1 is 1.24 bits per heavy atom. The lowest BCUT2D eigenvalue weighted by molar-refractivity contribution is 0.405. The lowest BCUT2D eigenvalue weighted by Gasteiger charge is -2.20. The van der Waals surface area contributed by atoms with Gasteiger partial charge >= 0.3 is 0 Å². The Labute approximate surface area is 144 Å². The van der Waals surface area contributed by atoms with Gasteiger partial charge in [-0.25, -0.2) is 0 Å². The van der Waals surface area contributed by atoms with E-state index in [1.807, 2.05) is 38.1 Å². The molecule has 1 unspecified atom stereocenters. The molecule has 2 rings (SSSR count). The first kappa shape index (κ1) is 16.7. The van der Waals surface area contributed by atoms with Gasteiger partial charge in [-0.1, -0.05) is 45.7 Å². The first-order chi connectivity index (χ1) is 9.95. The molecule has 0 aliphatic carbocycles. The SMILES string of the molecule is COc1c(C)cc(Br)c(C)c1C(Cl)Cc1ccccc1Cl. The molecular weight excluding hydrogens is 371 g/mol. The van der Waals surface area contributed by atoms with E-state index in [0.29, 0.717) is 6.42 Å². The summed E-state index contributed by atoms with van der Waals surface area (Å²) in [6.07, 6.45) is 0.661. The van der Waals surface area contributed by atoms with E-state index >= 15 is 0 Å². The summed E-state index contributed by atoms with van der Waals surface area (Å²) in [5.74, 6) is 0.850. The number of methoxy groups -OCH3 is 1. The Morgan fingerprint density at radius 2 is 1.90 bits per heavy atom. The van der Waals surface area contributed by atoms with E-state index in [1.54, 1.807) is 7.11 Å². The van der Waals surface area contributed by atoms with Crippen LogP contribution in [0.1, 0.15) is 27.6 Å². The zero-order valence-electron chi connectivity index (χ0n) is 12.2. The Bertz CT molecular complexity index is 655. The van der Waals surface area contributed by atoms with Crippen LogP contribution in [0.2, 0.25) is 5.02 Å². The maximum Gasteiger partial charge on any atom is 0.126 e. The number of hydrogen-bond donors (Lipinski definition) is 0. The fraction of sp³-hybridized carbons (Fsp3) is 0.294. The Balaban J connectivity index is 2.44. The molecule has 0 aliphatic heterocycles. The van der Waals surface area contributed by atoms with Crippen molar-refractivity contribution in [3.63, 3.8) is 0 Å². The molecule has 0 fully saturated rings. The zero-order chi connectivity index (χ0) is 15.6. The molecule has 2 aromatic carbocycles. The number of halogens is 3. The van der Waals surface area contributed by atoms with Crippen molar-refractivity contribution in [2.75, 3.05) is 7.11 Å². The van der Waals surface area contributed by atoms with E-state index in [9.17, 15) is 0 Å². The van der Waals surface area contributed by atoms with E-state index < -0.39 is 0 Å². The van der Waals surface area contributed by atoms with Gasteiger partial charge in [-0.2, -0.15) is 0 Å². The molecule has 0 bridgehead atoms. The topological polar surface area (TPSA) is 9.23 Å². The Morgan fingerprint density at radius 3 is 2.52 bits per heavy atom. The third-order valence-electron chi connectivity index (χ3n) is 3.58. The molecule has 4 heteroatoms. The van der Waals surface area contributed by atoms with Crippen LogP contribution in [0, 0.1) is 13.8 Å². The summed E-state index contributed by atoms with van der Waals surface area (Å²) in [6, 6.07) is 9.84. The average Bonchev–Trinajstić information content (AvgIpc) is 2.44. The minimum absolute atomic E-state index is 0.198. The van der Waals surface area contributed by atoms with Gasteiger partial charge in [-0.15, -0.1) is 11.6 Å². The number of alkyl halides is 1. The van der Waals surface area contributed by atoms with Gasteiger partial charge in [0.05, 0.1) is 12.5 Å². The van der Waals surface area contributed by atoms with Crippen molar-refractivity contribution in [3.05, 3.63) is 62.1 Å². The van der Waals surface area contributed by atoms with E-state index in [2.05, 4.69) is 22.0 Å². The molecule has 2 aromatic rings. The Hall–Kier alpha value is -0.700. The highest BCUT2D eigenvalue weighted by atomic mass is 79.9. The van der Waals surface area contributed by atoms with Crippen LogP contribution >= 0.6 is 39.1 Å². The fourth-order valence-corrected chi connectivity index (χ4v) is 3.68. The number of hydrogen-bond acceptors (Lipinski definition) is 1. The molecule has 0 aliphatic rings. The van der Waals surface area contributed by atoms with Gasteiger partial charge in [0.25, 0.3) is 0 Å². The van der Waals surface area contributed by atoms with Gasteiger partial charge in [0, 0.05) is 15.1 Å². The molecule has 0 saturated carbocycles. The van der Waals surface area contributed by atoms with Gasteiger partial charge in [0.1, 0.15) is 5.75 Å². The summed E-state index contributed by atoms with van der Waals surface area (Å²) in [5, 5.41) is 0.544. The summed E-state index contributed by atoms with van der Waals surface area (Å²) < 4.78 is 6.60. The third-order valence-corrected chi connectivity index (χ3v) is 5.15. The lowest BCUT2D eigenvalue weighted by Crippen LogP contribution is -2.04. The van der Waals surface area contributed by atoms with Crippen LogP contribution in [-0.2, 0) is 6.42 Å². The fourth-order valence-electron chi connectivity index (χ4n) is 2.48. The van der Waals surface area contributed by atoms with Crippen LogP contribution in [0.25, 0.3) is 0 Å². The molecule has 0 radical (unpaired) electrons. The number of ether oxygens (including phenoxy) is 1. The molecule has 112 valence electrons. The molecule has 0 amide bonds. The summed E-state index contributed by atoms with van der Waals surface area (Å²) in [6.45, 7) is 4.06. The standard InChI is InChI=1S/C17H17BrCl2O/c1-10-8-13(18)11(2)16(17(10)21-3)15(20)9-12-6-4-5-7-14(12)19/h4-8,15H,9H2,1-3H3. The van der Waals surface area contributed by atoms with Crippen molar-refractivity contribution in [2.45, 2.75) is 25.6 Å². The van der Waals surface area contributed by atoms with Crippen molar-refractivity contribution in [1.82, 2.24) is 0 Å². The second-order valence-corrected chi connectivity index (χ2v) is 6.80. The van der Waals surface area contributed by atoms with E-state index in [0.717, 1.165) is 37.5 Å². The maximum absolute atomic E-state index is 6.69. The largest absolute Gasteiger partial charge is 0.496 e. The van der Waals surface area contributed by atoms with Crippen molar-refractivity contribution in [2.24, 2.45) is 0 Å². The van der Waals surface area contributed by atoms with E-state index in [4.69, 9.17) is 27.9 Å². The second-order valence-electron chi connectivity index (χ2n) is 5.01. The van der Waals surface area contributed by atoms with Crippen LogP contribution in [0.15, 0.2) is 34.8 Å². The van der Waals surface area contributed by atoms with Gasteiger partial charge in [0.2, 0.25) is 0 Å². The van der Waals surface area contributed by atoms with Gasteiger partial charge in [-0.05, 0) is 49.1 Å². The highest BCUT2D eigenvalue weighted by Crippen LogP contribution is 2.40. The van der Waals surface area contributed by atoms with Crippen molar-refractivity contribution < 1.29 is 4.74 Å². The zero-order valence-corrected chi connectivity index (χ0v) is 15.3. The highest BCUT2D eigenvalue weighted by molar-refractivity contribution is 9.10. The van der Waals surface area contributed by atoms with Gasteiger partial charge < -0.3 is 4.74 Å². The summed E-state index contributed by atoms with van der Waals surface area (Å²) in [4.78, 5) is 0. The monoisotopic (exact) mass is 386 g/mol. The maximum atomic E-state index is 6.69. The molecule has 21 heavy (non-hydrogen) atoms. The third kappa shape index (κ3) is 3.56. The second kappa shape index (κ2) is 7.04. The minimum atomic E-state index is -0.198. The van der Waals surface area contributed by atoms with Crippen molar-refractivity contribution in [1.29, 1.82) is 0 Å². The molecule has 0 spiro atoms. The average molecular weight is 388 g/mol. The lowest BCUT2D eigenvalue weighted by atomic mass is 9.96. The molecule has 0 N–H and O–H groups in total. The number of rotatable bonds is 4. The van der Waals surface area contributed by atoms with Crippen molar-refractivity contribution in [3.8, 4) is 5.75 Å². The van der Waals surface area contributed by atoms with E-state index in [-0.39, 0.29) is 5.38 Å². The summed E-state index contributed by atoms with van der Waals surface area (Å²) in [5.41, 5.74) is 4.23. The smallest absolute Gasteiger partial charge is 0.126 e. The molecule has 1 atom stereocenters. The molecular formula is C17H17BrCl2O. The normalized spacial score (nSPS) is 12.3. The summed E-state index contributed by atoms with van der Waals surface area (Å²) in [7, 11) is 1.68. The summed E-state index contributed by atoms with van der Waals surface area (Å²) >= 11 is 16.5. The van der Waals surface area contributed by atoms with Gasteiger partial charge in [0.15, 0.2) is 0 Å².